The molecule has 4 aromatic carbocycles. The largest absolute Gasteiger partial charge is 0.389 e. The van der Waals surface area contributed by atoms with Crippen molar-refractivity contribution in [3.63, 3.8) is 0 Å². The van der Waals surface area contributed by atoms with Crippen LogP contribution in [0.1, 0.15) is 140 Å². The number of hydrogen-bond donors (Lipinski definition) is 4. The van der Waals surface area contributed by atoms with E-state index < -0.39 is 12.2 Å². The predicted molar refractivity (Wildman–Crippen MR) is 234 cm³/mol. The van der Waals surface area contributed by atoms with Crippen molar-refractivity contribution in [1.82, 2.24) is 10.6 Å². The molecule has 0 saturated heterocycles. The van der Waals surface area contributed by atoms with Crippen LogP contribution >= 0.6 is 0 Å². The summed E-state index contributed by atoms with van der Waals surface area (Å²) in [4.78, 5) is 0. The second-order valence-electron chi connectivity index (χ2n) is 19.6. The van der Waals surface area contributed by atoms with Gasteiger partial charge in [-0.05, 0) is 66.2 Å². The SMILES string of the molecule is CC(C)(C)c1ccc(C(OC[C@@H](O)CNCCNC[C@H](O)COC(c2ccc(C(C)(C)C)cc2)c2ccc(C(C)(C)C)cc2)c2ccc(C(C)(C)C)cc2)cc1. The molecular formula is C50H72N2O4. The zero-order valence-corrected chi connectivity index (χ0v) is 36.5. The molecule has 56 heavy (non-hydrogen) atoms. The van der Waals surface area contributed by atoms with Crippen LogP contribution in [-0.2, 0) is 31.1 Å². The quantitative estimate of drug-likeness (QED) is 0.0803. The van der Waals surface area contributed by atoms with Crippen LogP contribution in [0.15, 0.2) is 97.1 Å². The molecule has 0 spiro atoms. The topological polar surface area (TPSA) is 83.0 Å². The molecule has 306 valence electrons. The minimum absolute atomic E-state index is 0.0631. The molecule has 0 heterocycles. The normalized spacial score (nSPS) is 14.1. The Labute approximate surface area is 339 Å². The average Bonchev–Trinajstić information content (AvgIpc) is 3.12. The van der Waals surface area contributed by atoms with Crippen molar-refractivity contribution >= 4 is 0 Å². The summed E-state index contributed by atoms with van der Waals surface area (Å²) in [7, 11) is 0. The Morgan fingerprint density at radius 2 is 0.607 bits per heavy atom. The van der Waals surface area contributed by atoms with E-state index in [0.29, 0.717) is 26.2 Å². The van der Waals surface area contributed by atoms with Gasteiger partial charge in [0.25, 0.3) is 0 Å². The Kier molecular flexibility index (Phi) is 15.7. The third kappa shape index (κ3) is 13.6. The molecule has 0 unspecified atom stereocenters. The maximum Gasteiger partial charge on any atom is 0.108 e. The van der Waals surface area contributed by atoms with E-state index in [9.17, 15) is 10.2 Å². The van der Waals surface area contributed by atoms with Crippen LogP contribution in [0.2, 0.25) is 0 Å². The van der Waals surface area contributed by atoms with E-state index in [-0.39, 0.29) is 47.1 Å². The zero-order chi connectivity index (χ0) is 41.3. The molecule has 0 fully saturated rings. The molecule has 6 nitrogen and oxygen atoms in total. The van der Waals surface area contributed by atoms with E-state index in [1.54, 1.807) is 0 Å². The lowest BCUT2D eigenvalue weighted by atomic mass is 9.85. The molecule has 0 bridgehead atoms. The van der Waals surface area contributed by atoms with Gasteiger partial charge in [-0.2, -0.15) is 0 Å². The second-order valence-corrected chi connectivity index (χ2v) is 19.6. The molecular weight excluding hydrogens is 693 g/mol. The third-order valence-corrected chi connectivity index (χ3v) is 10.5. The number of aliphatic hydroxyl groups is 2. The number of hydrogen-bond acceptors (Lipinski definition) is 6. The van der Waals surface area contributed by atoms with Crippen molar-refractivity contribution in [2.24, 2.45) is 0 Å². The first-order valence-corrected chi connectivity index (χ1v) is 20.6. The second kappa shape index (κ2) is 19.4. The highest BCUT2D eigenvalue weighted by Gasteiger charge is 2.23. The van der Waals surface area contributed by atoms with Gasteiger partial charge in [0.05, 0.1) is 25.4 Å². The van der Waals surface area contributed by atoms with Crippen molar-refractivity contribution in [2.75, 3.05) is 39.4 Å². The van der Waals surface area contributed by atoms with Gasteiger partial charge < -0.3 is 30.3 Å². The van der Waals surface area contributed by atoms with Crippen molar-refractivity contribution in [1.29, 1.82) is 0 Å². The Hall–Kier alpha value is -3.36. The van der Waals surface area contributed by atoms with Gasteiger partial charge in [-0.3, -0.25) is 0 Å². The van der Waals surface area contributed by atoms with E-state index in [2.05, 4.69) is 191 Å². The summed E-state index contributed by atoms with van der Waals surface area (Å²) in [5.41, 5.74) is 9.61. The molecule has 0 saturated carbocycles. The standard InChI is InChI=1S/C50H72N2O4/c1-47(2,3)39-21-13-35(14-22-39)45(36-15-23-40(24-16-36)48(4,5)6)55-33-43(53)31-51-29-30-52-32-44(54)34-56-46(37-17-25-41(26-18-37)49(7,8)9)38-19-27-42(28-20-38)50(10,11)12/h13-28,43-46,51-54H,29-34H2,1-12H3/t43-,44-/m0/s1. The van der Waals surface area contributed by atoms with Crippen molar-refractivity contribution in [3.8, 4) is 0 Å². The van der Waals surface area contributed by atoms with Gasteiger partial charge >= 0.3 is 0 Å². The minimum atomic E-state index is -0.675. The molecule has 4 aromatic rings. The highest BCUT2D eigenvalue weighted by Crippen LogP contribution is 2.33. The molecule has 0 radical (unpaired) electrons. The van der Waals surface area contributed by atoms with Crippen molar-refractivity contribution in [3.05, 3.63) is 142 Å². The molecule has 6 heteroatoms. The van der Waals surface area contributed by atoms with Gasteiger partial charge in [-0.15, -0.1) is 0 Å². The smallest absolute Gasteiger partial charge is 0.108 e. The third-order valence-electron chi connectivity index (χ3n) is 10.5. The highest BCUT2D eigenvalue weighted by atomic mass is 16.5. The maximum absolute atomic E-state index is 10.9. The van der Waals surface area contributed by atoms with Crippen LogP contribution in [0.3, 0.4) is 0 Å². The minimum Gasteiger partial charge on any atom is -0.389 e. The van der Waals surface area contributed by atoms with E-state index in [1.807, 2.05) is 0 Å². The summed E-state index contributed by atoms with van der Waals surface area (Å²) >= 11 is 0. The first-order chi connectivity index (χ1) is 26.1. The molecule has 4 N–H and O–H groups in total. The molecule has 0 amide bonds. The average molecular weight is 765 g/mol. The fourth-order valence-corrected chi connectivity index (χ4v) is 6.65. The zero-order valence-electron chi connectivity index (χ0n) is 36.5. The fourth-order valence-electron chi connectivity index (χ4n) is 6.65. The predicted octanol–water partition coefficient (Wildman–Crippen LogP) is 9.69. The van der Waals surface area contributed by atoms with Gasteiger partial charge in [-0.25, -0.2) is 0 Å². The number of benzene rings is 4. The first-order valence-electron chi connectivity index (χ1n) is 20.6. The first kappa shape index (κ1) is 45.3. The molecule has 0 aromatic heterocycles. The van der Waals surface area contributed by atoms with Gasteiger partial charge in [0.2, 0.25) is 0 Å². The summed E-state index contributed by atoms with van der Waals surface area (Å²) < 4.78 is 12.9. The van der Waals surface area contributed by atoms with Crippen LogP contribution in [0, 0.1) is 0 Å². The monoisotopic (exact) mass is 765 g/mol. The lowest BCUT2D eigenvalue weighted by molar-refractivity contribution is 0.00543. The molecule has 0 aliphatic carbocycles. The Balaban J connectivity index is 1.26. The van der Waals surface area contributed by atoms with Crippen LogP contribution in [0.4, 0.5) is 0 Å². The maximum atomic E-state index is 10.9. The van der Waals surface area contributed by atoms with E-state index in [4.69, 9.17) is 9.47 Å². The highest BCUT2D eigenvalue weighted by molar-refractivity contribution is 5.38. The van der Waals surface area contributed by atoms with Crippen LogP contribution in [-0.4, -0.2) is 61.8 Å². The summed E-state index contributed by atoms with van der Waals surface area (Å²) in [5.74, 6) is 0. The number of rotatable bonds is 17. The van der Waals surface area contributed by atoms with E-state index in [1.165, 1.54) is 22.3 Å². The number of ether oxygens (including phenoxy) is 2. The summed E-state index contributed by atoms with van der Waals surface area (Å²) in [6.45, 7) is 29.1. The number of aliphatic hydroxyl groups excluding tert-OH is 2. The van der Waals surface area contributed by atoms with Gasteiger partial charge in [0, 0.05) is 26.2 Å². The van der Waals surface area contributed by atoms with Crippen LogP contribution < -0.4 is 10.6 Å². The van der Waals surface area contributed by atoms with Gasteiger partial charge in [0.1, 0.15) is 12.2 Å². The number of nitrogens with one attached hydrogen (secondary N) is 2. The van der Waals surface area contributed by atoms with Gasteiger partial charge in [0.15, 0.2) is 0 Å². The lowest BCUT2D eigenvalue weighted by Gasteiger charge is -2.25. The Morgan fingerprint density at radius 1 is 0.393 bits per heavy atom. The summed E-state index contributed by atoms with van der Waals surface area (Å²) in [6.07, 6.45) is -1.93. The van der Waals surface area contributed by atoms with E-state index >= 15 is 0 Å². The molecule has 2 atom stereocenters. The lowest BCUT2D eigenvalue weighted by Crippen LogP contribution is -2.38. The molecule has 4 rings (SSSR count). The van der Waals surface area contributed by atoms with Crippen LogP contribution in [0.5, 0.6) is 0 Å². The summed E-state index contributed by atoms with van der Waals surface area (Å²) in [6, 6.07) is 34.6. The summed E-state index contributed by atoms with van der Waals surface area (Å²) in [5, 5.41) is 28.4. The van der Waals surface area contributed by atoms with Gasteiger partial charge in [-0.1, -0.05) is 180 Å². The Bertz CT molecular complexity index is 1490. The molecule has 0 aliphatic rings. The molecule has 0 aliphatic heterocycles. The fraction of sp³-hybridized carbons (Fsp3) is 0.520. The van der Waals surface area contributed by atoms with E-state index in [0.717, 1.165) is 22.3 Å². The Morgan fingerprint density at radius 3 is 0.804 bits per heavy atom. The van der Waals surface area contributed by atoms with Crippen molar-refractivity contribution in [2.45, 2.75) is 129 Å². The van der Waals surface area contributed by atoms with Crippen molar-refractivity contribution < 1.29 is 19.7 Å². The van der Waals surface area contributed by atoms with Crippen LogP contribution in [0.25, 0.3) is 0 Å².